The number of aryl methyl sites for hydroxylation is 1. The normalized spacial score (nSPS) is 14.3. The molecule has 0 unspecified atom stereocenters. The molecule has 1 aromatic rings. The van der Waals surface area contributed by atoms with Crippen molar-refractivity contribution < 1.29 is 9.18 Å². The van der Waals surface area contributed by atoms with Crippen LogP contribution in [0, 0.1) is 12.7 Å². The monoisotopic (exact) mass is 284 g/mol. The summed E-state index contributed by atoms with van der Waals surface area (Å²) < 4.78 is 13.5. The number of amides is 1. The van der Waals surface area contributed by atoms with E-state index in [0.717, 1.165) is 25.1 Å². The third kappa shape index (κ3) is 4.33. The van der Waals surface area contributed by atoms with Crippen molar-refractivity contribution in [1.82, 2.24) is 10.6 Å². The Hall–Kier alpha value is -1.39. The maximum Gasteiger partial charge on any atom is 0.254 e. The molecule has 1 aliphatic rings. The van der Waals surface area contributed by atoms with Gasteiger partial charge in [-0.15, -0.1) is 12.4 Å². The fourth-order valence-electron chi connectivity index (χ4n) is 1.93. The zero-order chi connectivity index (χ0) is 13.0. The Morgan fingerprint density at radius 2 is 2.26 bits per heavy atom. The van der Waals surface area contributed by atoms with Gasteiger partial charge in [0.05, 0.1) is 5.56 Å². The Kier molecular flexibility index (Phi) is 5.99. The molecule has 0 bridgehead atoms. The number of hydrogen-bond donors (Lipinski definition) is 2. The first kappa shape index (κ1) is 15.7. The number of carbonyl (C=O) groups is 1. The van der Waals surface area contributed by atoms with Gasteiger partial charge in [0, 0.05) is 13.1 Å². The van der Waals surface area contributed by atoms with Crippen LogP contribution >= 0.6 is 12.4 Å². The van der Waals surface area contributed by atoms with Crippen LogP contribution < -0.4 is 10.6 Å². The zero-order valence-corrected chi connectivity index (χ0v) is 11.6. The molecule has 5 heteroatoms. The summed E-state index contributed by atoms with van der Waals surface area (Å²) in [5.74, 6) is -0.826. The van der Waals surface area contributed by atoms with Crippen molar-refractivity contribution in [3.05, 3.63) is 46.8 Å². The number of hydrogen-bond acceptors (Lipinski definition) is 2. The lowest BCUT2D eigenvalue weighted by atomic mass is 10.1. The number of nitrogens with one attached hydrogen (secondary N) is 2. The molecule has 2 rings (SSSR count). The minimum Gasteiger partial charge on any atom is -0.348 e. The second-order valence-corrected chi connectivity index (χ2v) is 4.48. The van der Waals surface area contributed by atoms with Crippen molar-refractivity contribution in [3.8, 4) is 0 Å². The molecule has 0 atom stereocenters. The van der Waals surface area contributed by atoms with Gasteiger partial charge in [0.25, 0.3) is 5.91 Å². The first-order valence-electron chi connectivity index (χ1n) is 6.10. The molecule has 1 amide bonds. The molecule has 19 heavy (non-hydrogen) atoms. The molecule has 0 spiro atoms. The smallest absolute Gasteiger partial charge is 0.254 e. The molecule has 0 radical (unpaired) electrons. The highest BCUT2D eigenvalue weighted by molar-refractivity contribution is 5.94. The van der Waals surface area contributed by atoms with Crippen LogP contribution in [0.3, 0.4) is 0 Å². The minimum atomic E-state index is -0.475. The van der Waals surface area contributed by atoms with Crippen molar-refractivity contribution in [2.24, 2.45) is 0 Å². The molecule has 0 aliphatic carbocycles. The van der Waals surface area contributed by atoms with E-state index >= 15 is 0 Å². The van der Waals surface area contributed by atoms with Gasteiger partial charge in [0.1, 0.15) is 5.82 Å². The molecule has 1 heterocycles. The fraction of sp³-hybridized carbons (Fsp3) is 0.357. The van der Waals surface area contributed by atoms with Crippen LogP contribution in [0.25, 0.3) is 0 Å². The number of carbonyl (C=O) groups excluding carboxylic acids is 1. The van der Waals surface area contributed by atoms with Gasteiger partial charge in [0.2, 0.25) is 0 Å². The third-order valence-electron chi connectivity index (χ3n) is 3.00. The van der Waals surface area contributed by atoms with Crippen LogP contribution in [0.2, 0.25) is 0 Å². The largest absolute Gasteiger partial charge is 0.348 e. The van der Waals surface area contributed by atoms with E-state index in [2.05, 4.69) is 16.7 Å². The van der Waals surface area contributed by atoms with Crippen molar-refractivity contribution in [2.45, 2.75) is 13.3 Å². The van der Waals surface area contributed by atoms with E-state index in [1.807, 2.05) is 6.92 Å². The first-order valence-corrected chi connectivity index (χ1v) is 6.10. The van der Waals surface area contributed by atoms with E-state index in [1.165, 1.54) is 11.6 Å². The standard InChI is InChI=1S/C14H17FN2O.ClH/c1-10-2-3-13(15)12(8-10)14(18)17-9-11-4-6-16-7-5-11;/h2-4,8,16H,5-7,9H2,1H3,(H,17,18);1H. The molecule has 0 saturated carbocycles. The summed E-state index contributed by atoms with van der Waals surface area (Å²) >= 11 is 0. The highest BCUT2D eigenvalue weighted by Crippen LogP contribution is 2.10. The summed E-state index contributed by atoms with van der Waals surface area (Å²) in [6.07, 6.45) is 2.99. The third-order valence-corrected chi connectivity index (χ3v) is 3.00. The van der Waals surface area contributed by atoms with Crippen LogP contribution in [0.15, 0.2) is 29.8 Å². The summed E-state index contributed by atoms with van der Waals surface area (Å²) in [7, 11) is 0. The second kappa shape index (κ2) is 7.26. The number of halogens is 2. The molecule has 0 aromatic heterocycles. The Balaban J connectivity index is 0.00000180. The van der Waals surface area contributed by atoms with E-state index in [1.54, 1.807) is 12.1 Å². The van der Waals surface area contributed by atoms with Crippen molar-refractivity contribution in [1.29, 1.82) is 0 Å². The Bertz CT molecular complexity index is 488. The Morgan fingerprint density at radius 1 is 1.47 bits per heavy atom. The fourth-order valence-corrected chi connectivity index (χ4v) is 1.93. The van der Waals surface area contributed by atoms with E-state index in [4.69, 9.17) is 0 Å². The molecule has 0 saturated heterocycles. The van der Waals surface area contributed by atoms with E-state index in [9.17, 15) is 9.18 Å². The van der Waals surface area contributed by atoms with E-state index in [-0.39, 0.29) is 23.9 Å². The van der Waals surface area contributed by atoms with Crippen molar-refractivity contribution in [3.63, 3.8) is 0 Å². The average molecular weight is 285 g/mol. The summed E-state index contributed by atoms with van der Waals surface area (Å²) in [4.78, 5) is 11.9. The lowest BCUT2D eigenvalue weighted by Gasteiger charge is -2.14. The molecule has 1 aliphatic heterocycles. The molecule has 0 fully saturated rings. The maximum atomic E-state index is 13.5. The van der Waals surface area contributed by atoms with Gasteiger partial charge in [-0.25, -0.2) is 4.39 Å². The van der Waals surface area contributed by atoms with Crippen LogP contribution in [0.4, 0.5) is 4.39 Å². The molecular weight excluding hydrogens is 267 g/mol. The van der Waals surface area contributed by atoms with Crippen molar-refractivity contribution in [2.75, 3.05) is 19.6 Å². The summed E-state index contributed by atoms with van der Waals surface area (Å²) in [5, 5.41) is 5.96. The predicted octanol–water partition coefficient (Wildman–Crippen LogP) is 2.21. The zero-order valence-electron chi connectivity index (χ0n) is 10.8. The molecular formula is C14H18ClFN2O. The molecule has 3 nitrogen and oxygen atoms in total. The quantitative estimate of drug-likeness (QED) is 0.836. The number of benzene rings is 1. The van der Waals surface area contributed by atoms with Crippen LogP contribution in [0.1, 0.15) is 22.3 Å². The maximum absolute atomic E-state index is 13.5. The lowest BCUT2D eigenvalue weighted by Crippen LogP contribution is -2.30. The molecule has 1 aromatic carbocycles. The van der Waals surface area contributed by atoms with Crippen LogP contribution in [-0.2, 0) is 0 Å². The first-order chi connectivity index (χ1) is 8.66. The SMILES string of the molecule is Cc1ccc(F)c(C(=O)NCC2=CCNCC2)c1.Cl. The molecule has 104 valence electrons. The van der Waals surface area contributed by atoms with Gasteiger partial charge >= 0.3 is 0 Å². The molecule has 2 N–H and O–H groups in total. The van der Waals surface area contributed by atoms with Crippen molar-refractivity contribution >= 4 is 18.3 Å². The lowest BCUT2D eigenvalue weighted by molar-refractivity contribution is 0.0952. The van der Waals surface area contributed by atoms with E-state index < -0.39 is 5.82 Å². The van der Waals surface area contributed by atoms with E-state index in [0.29, 0.717) is 6.54 Å². The Morgan fingerprint density at radius 3 is 2.95 bits per heavy atom. The Labute approximate surface area is 118 Å². The van der Waals surface area contributed by atoms with Gasteiger partial charge in [0.15, 0.2) is 0 Å². The summed E-state index contributed by atoms with van der Waals surface area (Å²) in [6, 6.07) is 4.55. The summed E-state index contributed by atoms with van der Waals surface area (Å²) in [5.41, 5.74) is 2.18. The topological polar surface area (TPSA) is 41.1 Å². The van der Waals surface area contributed by atoms with Crippen LogP contribution in [-0.4, -0.2) is 25.5 Å². The second-order valence-electron chi connectivity index (χ2n) is 4.48. The highest BCUT2D eigenvalue weighted by Gasteiger charge is 2.12. The number of rotatable bonds is 3. The predicted molar refractivity (Wildman–Crippen MR) is 76.3 cm³/mol. The summed E-state index contributed by atoms with van der Waals surface area (Å²) in [6.45, 7) is 4.10. The van der Waals surface area contributed by atoms with Crippen LogP contribution in [0.5, 0.6) is 0 Å². The van der Waals surface area contributed by atoms with Gasteiger partial charge in [-0.1, -0.05) is 23.3 Å². The highest BCUT2D eigenvalue weighted by atomic mass is 35.5. The van der Waals surface area contributed by atoms with Gasteiger partial charge < -0.3 is 10.6 Å². The minimum absolute atomic E-state index is 0. The van der Waals surface area contributed by atoms with Gasteiger partial charge in [-0.3, -0.25) is 4.79 Å². The van der Waals surface area contributed by atoms with Gasteiger partial charge in [-0.05, 0) is 32.0 Å². The average Bonchev–Trinajstić information content (AvgIpc) is 2.40. The van der Waals surface area contributed by atoms with Gasteiger partial charge in [-0.2, -0.15) is 0 Å².